The van der Waals surface area contributed by atoms with Crippen LogP contribution in [-0.4, -0.2) is 41.2 Å². The third kappa shape index (κ3) is 3.85. The van der Waals surface area contributed by atoms with Crippen LogP contribution in [0.4, 0.5) is 5.13 Å². The SMILES string of the molecule is Cc1csc(N2CCCN(Cc3ccc(CO)cc3)CC2)n1. The number of thiazole rings is 1. The first-order chi connectivity index (χ1) is 10.7. The molecule has 4 nitrogen and oxygen atoms in total. The number of aliphatic hydroxyl groups excluding tert-OH is 1. The van der Waals surface area contributed by atoms with Crippen LogP contribution in [0.25, 0.3) is 0 Å². The first kappa shape index (κ1) is 15.5. The highest BCUT2D eigenvalue weighted by Gasteiger charge is 2.17. The van der Waals surface area contributed by atoms with E-state index >= 15 is 0 Å². The molecule has 0 radical (unpaired) electrons. The van der Waals surface area contributed by atoms with Crippen molar-refractivity contribution in [1.29, 1.82) is 0 Å². The molecule has 1 N–H and O–H groups in total. The van der Waals surface area contributed by atoms with Gasteiger partial charge in [-0.2, -0.15) is 0 Å². The third-order valence-electron chi connectivity index (χ3n) is 4.08. The Kier molecular flexibility index (Phi) is 5.08. The average Bonchev–Trinajstić information content (AvgIpc) is 2.83. The summed E-state index contributed by atoms with van der Waals surface area (Å²) in [7, 11) is 0. The maximum atomic E-state index is 9.11. The molecule has 118 valence electrons. The lowest BCUT2D eigenvalue weighted by Crippen LogP contribution is -2.30. The van der Waals surface area contributed by atoms with Gasteiger partial charge in [-0.05, 0) is 24.5 Å². The van der Waals surface area contributed by atoms with Gasteiger partial charge in [0.2, 0.25) is 0 Å². The van der Waals surface area contributed by atoms with E-state index in [0.717, 1.165) is 49.1 Å². The third-order valence-corrected chi connectivity index (χ3v) is 5.10. The van der Waals surface area contributed by atoms with E-state index in [0.29, 0.717) is 0 Å². The summed E-state index contributed by atoms with van der Waals surface area (Å²) in [6.45, 7) is 7.49. The Bertz CT molecular complexity index is 596. The molecule has 1 aromatic heterocycles. The Hall–Kier alpha value is -1.43. The Morgan fingerprint density at radius 1 is 1.09 bits per heavy atom. The van der Waals surface area contributed by atoms with E-state index in [1.165, 1.54) is 12.0 Å². The van der Waals surface area contributed by atoms with Gasteiger partial charge in [0.15, 0.2) is 5.13 Å². The van der Waals surface area contributed by atoms with Crippen LogP contribution in [0, 0.1) is 6.92 Å². The van der Waals surface area contributed by atoms with Gasteiger partial charge in [0.1, 0.15) is 0 Å². The highest BCUT2D eigenvalue weighted by molar-refractivity contribution is 7.13. The number of anilines is 1. The molecule has 2 heterocycles. The smallest absolute Gasteiger partial charge is 0.185 e. The quantitative estimate of drug-likeness (QED) is 0.941. The number of hydrogen-bond acceptors (Lipinski definition) is 5. The molecule has 0 amide bonds. The van der Waals surface area contributed by atoms with Crippen LogP contribution in [0.1, 0.15) is 23.2 Å². The predicted octanol–water partition coefficient (Wildman–Crippen LogP) is 2.66. The highest BCUT2D eigenvalue weighted by atomic mass is 32.1. The number of rotatable bonds is 4. The summed E-state index contributed by atoms with van der Waals surface area (Å²) in [4.78, 5) is 9.52. The van der Waals surface area contributed by atoms with Crippen LogP contribution < -0.4 is 4.90 Å². The average molecular weight is 317 g/mol. The van der Waals surface area contributed by atoms with Crippen LogP contribution >= 0.6 is 11.3 Å². The van der Waals surface area contributed by atoms with E-state index in [1.54, 1.807) is 11.3 Å². The monoisotopic (exact) mass is 317 g/mol. The second-order valence-corrected chi connectivity index (χ2v) is 6.70. The van der Waals surface area contributed by atoms with Crippen molar-refractivity contribution < 1.29 is 5.11 Å². The number of nitrogens with zero attached hydrogens (tertiary/aromatic N) is 3. The Morgan fingerprint density at radius 3 is 2.55 bits per heavy atom. The molecule has 1 aliphatic rings. The molecule has 2 aromatic rings. The Labute approximate surface area is 136 Å². The number of aromatic nitrogens is 1. The predicted molar refractivity (Wildman–Crippen MR) is 91.3 cm³/mol. The summed E-state index contributed by atoms with van der Waals surface area (Å²) < 4.78 is 0. The molecule has 3 rings (SSSR count). The van der Waals surface area contributed by atoms with Gasteiger partial charge >= 0.3 is 0 Å². The fourth-order valence-electron chi connectivity index (χ4n) is 2.82. The topological polar surface area (TPSA) is 39.6 Å². The molecule has 22 heavy (non-hydrogen) atoms. The second kappa shape index (κ2) is 7.22. The highest BCUT2D eigenvalue weighted by Crippen LogP contribution is 2.21. The maximum absolute atomic E-state index is 9.11. The summed E-state index contributed by atoms with van der Waals surface area (Å²) >= 11 is 1.75. The second-order valence-electron chi connectivity index (χ2n) is 5.86. The lowest BCUT2D eigenvalue weighted by molar-refractivity contribution is 0.280. The lowest BCUT2D eigenvalue weighted by atomic mass is 10.1. The first-order valence-corrected chi connectivity index (χ1v) is 8.70. The van der Waals surface area contributed by atoms with Crippen LogP contribution in [0.15, 0.2) is 29.6 Å². The molecule has 1 fully saturated rings. The zero-order chi connectivity index (χ0) is 15.4. The van der Waals surface area contributed by atoms with E-state index in [9.17, 15) is 0 Å². The molecule has 1 aliphatic heterocycles. The van der Waals surface area contributed by atoms with Crippen molar-refractivity contribution in [3.63, 3.8) is 0 Å². The molecule has 0 unspecified atom stereocenters. The zero-order valence-electron chi connectivity index (χ0n) is 13.0. The van der Waals surface area contributed by atoms with Gasteiger partial charge in [-0.15, -0.1) is 11.3 Å². The van der Waals surface area contributed by atoms with Crippen molar-refractivity contribution in [3.05, 3.63) is 46.5 Å². The minimum atomic E-state index is 0.117. The van der Waals surface area contributed by atoms with Crippen molar-refractivity contribution in [2.24, 2.45) is 0 Å². The molecular weight excluding hydrogens is 294 g/mol. The molecule has 0 saturated carbocycles. The van der Waals surface area contributed by atoms with Crippen LogP contribution in [-0.2, 0) is 13.2 Å². The number of aryl methyl sites for hydroxylation is 1. The number of benzene rings is 1. The molecule has 0 aliphatic carbocycles. The number of aliphatic hydroxyl groups is 1. The number of hydrogen-bond donors (Lipinski definition) is 1. The molecule has 5 heteroatoms. The van der Waals surface area contributed by atoms with E-state index in [-0.39, 0.29) is 6.61 Å². The zero-order valence-corrected chi connectivity index (χ0v) is 13.9. The fourth-order valence-corrected chi connectivity index (χ4v) is 3.67. The van der Waals surface area contributed by atoms with Gasteiger partial charge < -0.3 is 10.0 Å². The molecule has 0 atom stereocenters. The van der Waals surface area contributed by atoms with Crippen molar-refractivity contribution >= 4 is 16.5 Å². The van der Waals surface area contributed by atoms with E-state index in [1.807, 2.05) is 12.1 Å². The fraction of sp³-hybridized carbons (Fsp3) is 0.471. The van der Waals surface area contributed by atoms with Gasteiger partial charge in [0.25, 0.3) is 0 Å². The summed E-state index contributed by atoms with van der Waals surface area (Å²) in [5, 5.41) is 12.4. The van der Waals surface area contributed by atoms with Gasteiger partial charge in [0.05, 0.1) is 12.3 Å². The maximum Gasteiger partial charge on any atom is 0.185 e. The van der Waals surface area contributed by atoms with Crippen molar-refractivity contribution in [1.82, 2.24) is 9.88 Å². The standard InChI is InChI=1S/C17H23N3OS/c1-14-13-22-17(18-14)20-8-2-7-19(9-10-20)11-15-3-5-16(12-21)6-4-15/h3-6,13,21H,2,7-12H2,1H3. The van der Waals surface area contributed by atoms with Crippen LogP contribution in [0.2, 0.25) is 0 Å². The molecule has 0 spiro atoms. The summed E-state index contributed by atoms with van der Waals surface area (Å²) in [6.07, 6.45) is 1.17. The van der Waals surface area contributed by atoms with Gasteiger partial charge in [-0.3, -0.25) is 4.90 Å². The summed E-state index contributed by atoms with van der Waals surface area (Å²) in [5.41, 5.74) is 3.41. The van der Waals surface area contributed by atoms with Crippen LogP contribution in [0.3, 0.4) is 0 Å². The van der Waals surface area contributed by atoms with Crippen molar-refractivity contribution in [3.8, 4) is 0 Å². The normalized spacial score (nSPS) is 16.7. The Balaban J connectivity index is 1.57. The molecule has 1 aromatic carbocycles. The van der Waals surface area contributed by atoms with E-state index in [2.05, 4.69) is 39.2 Å². The van der Waals surface area contributed by atoms with Crippen molar-refractivity contribution in [2.75, 3.05) is 31.1 Å². The summed E-state index contributed by atoms with van der Waals surface area (Å²) in [6, 6.07) is 8.27. The van der Waals surface area contributed by atoms with Crippen molar-refractivity contribution in [2.45, 2.75) is 26.5 Å². The van der Waals surface area contributed by atoms with Gasteiger partial charge in [0, 0.05) is 38.1 Å². The molecule has 1 saturated heterocycles. The largest absolute Gasteiger partial charge is 0.392 e. The van der Waals surface area contributed by atoms with E-state index in [4.69, 9.17) is 5.11 Å². The van der Waals surface area contributed by atoms with E-state index < -0.39 is 0 Å². The van der Waals surface area contributed by atoms with Gasteiger partial charge in [-0.1, -0.05) is 24.3 Å². The molecule has 0 bridgehead atoms. The lowest BCUT2D eigenvalue weighted by Gasteiger charge is -2.21. The minimum absolute atomic E-state index is 0.117. The summed E-state index contributed by atoms with van der Waals surface area (Å²) in [5.74, 6) is 0. The minimum Gasteiger partial charge on any atom is -0.392 e. The molecular formula is C17H23N3OS. The van der Waals surface area contributed by atoms with Crippen LogP contribution in [0.5, 0.6) is 0 Å². The van der Waals surface area contributed by atoms with Gasteiger partial charge in [-0.25, -0.2) is 4.98 Å². The first-order valence-electron chi connectivity index (χ1n) is 7.83. The Morgan fingerprint density at radius 2 is 1.86 bits per heavy atom.